The van der Waals surface area contributed by atoms with Crippen molar-refractivity contribution in [2.24, 2.45) is 4.99 Å². The van der Waals surface area contributed by atoms with Crippen molar-refractivity contribution in [2.45, 2.75) is 30.7 Å². The maximum atomic E-state index is 12.5. The van der Waals surface area contributed by atoms with Crippen molar-refractivity contribution < 1.29 is 8.42 Å². The van der Waals surface area contributed by atoms with Crippen LogP contribution in [0, 0.1) is 0 Å². The molecule has 1 aromatic carbocycles. The number of sulfonamides is 1. The van der Waals surface area contributed by atoms with Crippen LogP contribution in [0.15, 0.2) is 34.2 Å². The Morgan fingerprint density at radius 1 is 1.15 bits per heavy atom. The molecular weight excluding hydrogens is 477 g/mol. The molecule has 0 unspecified atom stereocenters. The monoisotopic (exact) mass is 509 g/mol. The average molecular weight is 509 g/mol. The van der Waals surface area contributed by atoms with E-state index in [1.54, 1.807) is 33.3 Å². The summed E-state index contributed by atoms with van der Waals surface area (Å²) in [7, 11) is 1.34. The van der Waals surface area contributed by atoms with Crippen molar-refractivity contribution in [2.75, 3.05) is 47.3 Å². The summed E-state index contributed by atoms with van der Waals surface area (Å²) in [5.41, 5.74) is 0.722. The molecular formula is C18H32IN5O2S. The Hall–Kier alpha value is -0.910. The third-order valence-corrected chi connectivity index (χ3v) is 6.49. The number of halogens is 1. The molecule has 0 spiro atoms. The number of piperidine rings is 1. The Morgan fingerprint density at radius 3 is 2.44 bits per heavy atom. The van der Waals surface area contributed by atoms with Gasteiger partial charge in [0.2, 0.25) is 10.0 Å². The number of hydrogen-bond donors (Lipinski definition) is 2. The van der Waals surface area contributed by atoms with Crippen LogP contribution in [-0.4, -0.2) is 70.9 Å². The molecule has 0 amide bonds. The molecule has 9 heteroatoms. The van der Waals surface area contributed by atoms with Gasteiger partial charge in [-0.2, -0.15) is 0 Å². The van der Waals surface area contributed by atoms with Crippen molar-refractivity contribution >= 4 is 40.0 Å². The van der Waals surface area contributed by atoms with Crippen LogP contribution < -0.4 is 10.6 Å². The Kier molecular flexibility index (Phi) is 10.6. The number of likely N-dealkylation sites (tertiary alicyclic amines) is 1. The standard InChI is InChI=1S/C18H31N5O2S.HI/c1-19-18(20-11-14-23-12-7-4-8-13-23)21-15-16-9-5-6-10-17(16)26(24,25)22(2)3;/h5-6,9-10H,4,7-8,11-15H2,1-3H3,(H2,19,20,21);1H. The average Bonchev–Trinajstić information content (AvgIpc) is 2.65. The lowest BCUT2D eigenvalue weighted by Crippen LogP contribution is -2.42. The first kappa shape index (κ1) is 24.1. The van der Waals surface area contributed by atoms with E-state index in [0.29, 0.717) is 17.4 Å². The van der Waals surface area contributed by atoms with Crippen LogP contribution in [0.2, 0.25) is 0 Å². The molecule has 0 saturated carbocycles. The maximum absolute atomic E-state index is 12.5. The third kappa shape index (κ3) is 7.20. The fourth-order valence-electron chi connectivity index (χ4n) is 3.01. The number of hydrogen-bond acceptors (Lipinski definition) is 4. The molecule has 154 valence electrons. The summed E-state index contributed by atoms with van der Waals surface area (Å²) in [4.78, 5) is 7.01. The summed E-state index contributed by atoms with van der Waals surface area (Å²) in [5, 5.41) is 6.52. The lowest BCUT2D eigenvalue weighted by atomic mass is 10.1. The molecule has 0 radical (unpaired) electrons. The predicted octanol–water partition coefficient (Wildman–Crippen LogP) is 1.71. The fraction of sp³-hybridized carbons (Fsp3) is 0.611. The normalized spacial score (nSPS) is 16.1. The first-order valence-electron chi connectivity index (χ1n) is 9.12. The van der Waals surface area contributed by atoms with E-state index in [9.17, 15) is 8.42 Å². The lowest BCUT2D eigenvalue weighted by Gasteiger charge is -2.26. The number of rotatable bonds is 7. The van der Waals surface area contributed by atoms with Gasteiger partial charge < -0.3 is 15.5 Å². The van der Waals surface area contributed by atoms with Gasteiger partial charge in [0.1, 0.15) is 0 Å². The molecule has 1 aliphatic rings. The van der Waals surface area contributed by atoms with Crippen LogP contribution in [0.3, 0.4) is 0 Å². The SMILES string of the molecule is CN=C(NCCN1CCCCC1)NCc1ccccc1S(=O)(=O)N(C)C.I. The second-order valence-electron chi connectivity index (χ2n) is 6.65. The van der Waals surface area contributed by atoms with Crippen LogP contribution in [0.1, 0.15) is 24.8 Å². The molecule has 0 aliphatic carbocycles. The van der Waals surface area contributed by atoms with Gasteiger partial charge >= 0.3 is 0 Å². The molecule has 7 nitrogen and oxygen atoms in total. The van der Waals surface area contributed by atoms with Crippen molar-refractivity contribution in [3.8, 4) is 0 Å². The third-order valence-electron chi connectivity index (χ3n) is 4.57. The molecule has 27 heavy (non-hydrogen) atoms. The second-order valence-corrected chi connectivity index (χ2v) is 8.77. The zero-order valence-electron chi connectivity index (χ0n) is 16.4. The lowest BCUT2D eigenvalue weighted by molar-refractivity contribution is 0.232. The van der Waals surface area contributed by atoms with E-state index in [1.807, 2.05) is 12.1 Å². The summed E-state index contributed by atoms with van der Waals surface area (Å²) >= 11 is 0. The quantitative estimate of drug-likeness (QED) is 0.333. The van der Waals surface area contributed by atoms with Crippen molar-refractivity contribution in [1.82, 2.24) is 19.8 Å². The molecule has 1 aliphatic heterocycles. The number of nitrogens with zero attached hydrogens (tertiary/aromatic N) is 3. The summed E-state index contributed by atoms with van der Waals surface area (Å²) in [6, 6.07) is 7.05. The summed E-state index contributed by atoms with van der Waals surface area (Å²) in [5.74, 6) is 0.680. The fourth-order valence-corrected chi connectivity index (χ4v) is 4.13. The van der Waals surface area contributed by atoms with Crippen LogP contribution in [0.4, 0.5) is 0 Å². The highest BCUT2D eigenvalue weighted by atomic mass is 127. The number of benzene rings is 1. The number of aliphatic imine (C=N–C) groups is 1. The van der Waals surface area contributed by atoms with E-state index in [4.69, 9.17) is 0 Å². The van der Waals surface area contributed by atoms with Crippen molar-refractivity contribution in [1.29, 1.82) is 0 Å². The van der Waals surface area contributed by atoms with Gasteiger partial charge in [-0.3, -0.25) is 4.99 Å². The van der Waals surface area contributed by atoms with Gasteiger partial charge in [0.25, 0.3) is 0 Å². The van der Waals surface area contributed by atoms with Crippen LogP contribution >= 0.6 is 24.0 Å². The highest BCUT2D eigenvalue weighted by Crippen LogP contribution is 2.18. The van der Waals surface area contributed by atoms with Gasteiger partial charge in [-0.1, -0.05) is 24.6 Å². The molecule has 2 rings (SSSR count). The zero-order valence-corrected chi connectivity index (χ0v) is 19.6. The summed E-state index contributed by atoms with van der Waals surface area (Å²) < 4.78 is 26.2. The number of guanidine groups is 1. The van der Waals surface area contributed by atoms with Crippen molar-refractivity contribution in [3.63, 3.8) is 0 Å². The van der Waals surface area contributed by atoms with Gasteiger partial charge in [-0.05, 0) is 37.6 Å². The smallest absolute Gasteiger partial charge is 0.242 e. The Morgan fingerprint density at radius 2 is 1.81 bits per heavy atom. The summed E-state index contributed by atoms with van der Waals surface area (Å²) in [6.07, 6.45) is 3.90. The zero-order chi connectivity index (χ0) is 19.0. The maximum Gasteiger partial charge on any atom is 0.242 e. The van der Waals surface area contributed by atoms with Crippen LogP contribution in [0.25, 0.3) is 0 Å². The Balaban J connectivity index is 0.00000364. The minimum Gasteiger partial charge on any atom is -0.355 e. The first-order chi connectivity index (χ1) is 12.4. The topological polar surface area (TPSA) is 77.0 Å². The molecule has 1 aromatic rings. The minimum atomic E-state index is -3.47. The molecule has 1 saturated heterocycles. The highest BCUT2D eigenvalue weighted by Gasteiger charge is 2.20. The van der Waals surface area contributed by atoms with E-state index >= 15 is 0 Å². The van der Waals surface area contributed by atoms with E-state index in [0.717, 1.165) is 18.7 Å². The predicted molar refractivity (Wildman–Crippen MR) is 121 cm³/mol. The Labute approximate surface area is 180 Å². The van der Waals surface area contributed by atoms with E-state index in [2.05, 4.69) is 20.5 Å². The molecule has 1 heterocycles. The Bertz CT molecular complexity index is 703. The van der Waals surface area contributed by atoms with Gasteiger partial charge in [0.15, 0.2) is 5.96 Å². The molecule has 0 aromatic heterocycles. The van der Waals surface area contributed by atoms with Crippen LogP contribution in [-0.2, 0) is 16.6 Å². The summed E-state index contributed by atoms with van der Waals surface area (Å²) in [6.45, 7) is 4.54. The minimum absolute atomic E-state index is 0. The molecule has 0 atom stereocenters. The second kappa shape index (κ2) is 11.8. The van der Waals surface area contributed by atoms with E-state index < -0.39 is 10.0 Å². The van der Waals surface area contributed by atoms with Crippen LogP contribution in [0.5, 0.6) is 0 Å². The number of nitrogens with one attached hydrogen (secondary N) is 2. The van der Waals surface area contributed by atoms with Gasteiger partial charge in [0.05, 0.1) is 4.90 Å². The largest absolute Gasteiger partial charge is 0.355 e. The first-order valence-corrected chi connectivity index (χ1v) is 10.6. The molecule has 0 bridgehead atoms. The molecule has 2 N–H and O–H groups in total. The van der Waals surface area contributed by atoms with E-state index in [1.165, 1.54) is 36.7 Å². The van der Waals surface area contributed by atoms with E-state index in [-0.39, 0.29) is 24.0 Å². The van der Waals surface area contributed by atoms with Crippen molar-refractivity contribution in [3.05, 3.63) is 29.8 Å². The van der Waals surface area contributed by atoms with Gasteiger partial charge in [0, 0.05) is 40.8 Å². The molecule has 1 fully saturated rings. The van der Waals surface area contributed by atoms with Gasteiger partial charge in [-0.15, -0.1) is 24.0 Å². The van der Waals surface area contributed by atoms with Gasteiger partial charge in [-0.25, -0.2) is 12.7 Å². The highest BCUT2D eigenvalue weighted by molar-refractivity contribution is 14.0.